The highest BCUT2D eigenvalue weighted by Gasteiger charge is 2.12. The van der Waals surface area contributed by atoms with Crippen LogP contribution in [-0.4, -0.2) is 21.3 Å². The number of hydrogen-bond donors (Lipinski definition) is 2. The quantitative estimate of drug-likeness (QED) is 0.687. The Labute approximate surface area is 72.2 Å². The van der Waals surface area contributed by atoms with Crippen LogP contribution in [0.5, 0.6) is 5.75 Å². The molecule has 0 aliphatic rings. The summed E-state index contributed by atoms with van der Waals surface area (Å²) in [5, 5.41) is 21.9. The average molecular weight is 179 g/mol. The van der Waals surface area contributed by atoms with E-state index < -0.39 is 5.97 Å². The van der Waals surface area contributed by atoms with E-state index in [0.717, 1.165) is 0 Å². The van der Waals surface area contributed by atoms with Gasteiger partial charge in [-0.25, -0.2) is 4.79 Å². The van der Waals surface area contributed by atoms with Gasteiger partial charge in [-0.1, -0.05) is 5.16 Å². The highest BCUT2D eigenvalue weighted by molar-refractivity contribution is 5.95. The van der Waals surface area contributed by atoms with Crippen molar-refractivity contribution in [3.63, 3.8) is 0 Å². The van der Waals surface area contributed by atoms with Crippen LogP contribution in [-0.2, 0) is 0 Å². The predicted molar refractivity (Wildman–Crippen MR) is 42.6 cm³/mol. The van der Waals surface area contributed by atoms with Crippen molar-refractivity contribution in [2.45, 2.75) is 0 Å². The van der Waals surface area contributed by atoms with Gasteiger partial charge in [0.15, 0.2) is 5.58 Å². The maximum absolute atomic E-state index is 10.6. The van der Waals surface area contributed by atoms with E-state index in [2.05, 4.69) is 5.16 Å². The second kappa shape index (κ2) is 2.48. The van der Waals surface area contributed by atoms with E-state index in [9.17, 15) is 9.90 Å². The molecule has 0 aliphatic heterocycles. The number of phenols is 1. The molecule has 0 spiro atoms. The van der Waals surface area contributed by atoms with Gasteiger partial charge in [0.2, 0.25) is 0 Å². The fourth-order valence-electron chi connectivity index (χ4n) is 1.08. The molecule has 0 aliphatic carbocycles. The largest absolute Gasteiger partial charge is 0.507 e. The summed E-state index contributed by atoms with van der Waals surface area (Å²) in [6.07, 6.45) is 1.39. The molecule has 0 radical (unpaired) electrons. The second-order valence-corrected chi connectivity index (χ2v) is 2.54. The maximum Gasteiger partial charge on any atom is 0.339 e. The third-order valence-electron chi connectivity index (χ3n) is 1.70. The Kier molecular flexibility index (Phi) is 1.45. The molecule has 0 fully saturated rings. The number of benzene rings is 1. The molecule has 5 nitrogen and oxygen atoms in total. The van der Waals surface area contributed by atoms with Crippen molar-refractivity contribution in [2.75, 3.05) is 0 Å². The standard InChI is InChI=1S/C8H5NO4/c10-6-2-7-4(3-9-13-7)1-5(6)8(11)12/h1-3,10H,(H,11,12). The zero-order valence-electron chi connectivity index (χ0n) is 6.39. The van der Waals surface area contributed by atoms with Crippen molar-refractivity contribution in [1.29, 1.82) is 0 Å². The third-order valence-corrected chi connectivity index (χ3v) is 1.70. The van der Waals surface area contributed by atoms with Gasteiger partial charge in [0.05, 0.1) is 6.20 Å². The number of hydrogen-bond acceptors (Lipinski definition) is 4. The van der Waals surface area contributed by atoms with Crippen molar-refractivity contribution in [3.8, 4) is 5.75 Å². The number of aromatic hydroxyl groups is 1. The smallest absolute Gasteiger partial charge is 0.339 e. The molecule has 0 saturated heterocycles. The zero-order valence-corrected chi connectivity index (χ0v) is 6.39. The van der Waals surface area contributed by atoms with E-state index in [1.165, 1.54) is 18.3 Å². The van der Waals surface area contributed by atoms with Crippen LogP contribution in [0, 0.1) is 0 Å². The Morgan fingerprint density at radius 1 is 1.46 bits per heavy atom. The van der Waals surface area contributed by atoms with Crippen molar-refractivity contribution < 1.29 is 19.5 Å². The first-order chi connectivity index (χ1) is 6.18. The van der Waals surface area contributed by atoms with E-state index >= 15 is 0 Å². The number of fused-ring (bicyclic) bond motifs is 1. The molecule has 0 bridgehead atoms. The van der Waals surface area contributed by atoms with Crippen LogP contribution in [0.15, 0.2) is 22.9 Å². The zero-order chi connectivity index (χ0) is 9.42. The van der Waals surface area contributed by atoms with Crippen LogP contribution in [0.1, 0.15) is 10.4 Å². The molecule has 2 aromatic rings. The van der Waals surface area contributed by atoms with Crippen molar-refractivity contribution >= 4 is 16.9 Å². The lowest BCUT2D eigenvalue weighted by molar-refractivity contribution is 0.0694. The van der Waals surface area contributed by atoms with E-state index in [-0.39, 0.29) is 11.3 Å². The summed E-state index contributed by atoms with van der Waals surface area (Å²) in [4.78, 5) is 10.6. The van der Waals surface area contributed by atoms with Gasteiger partial charge in [0.1, 0.15) is 11.3 Å². The van der Waals surface area contributed by atoms with Gasteiger partial charge in [0, 0.05) is 11.5 Å². The summed E-state index contributed by atoms with van der Waals surface area (Å²) in [7, 11) is 0. The first-order valence-corrected chi connectivity index (χ1v) is 3.49. The van der Waals surface area contributed by atoms with Crippen LogP contribution < -0.4 is 0 Å². The molecule has 0 amide bonds. The number of aromatic nitrogens is 1. The second-order valence-electron chi connectivity index (χ2n) is 2.54. The van der Waals surface area contributed by atoms with Crippen molar-refractivity contribution in [3.05, 3.63) is 23.9 Å². The Balaban J connectivity index is 2.76. The highest BCUT2D eigenvalue weighted by Crippen LogP contribution is 2.24. The number of nitrogens with zero attached hydrogens (tertiary/aromatic N) is 1. The van der Waals surface area contributed by atoms with E-state index in [1.54, 1.807) is 0 Å². The number of aromatic carboxylic acids is 1. The van der Waals surface area contributed by atoms with Gasteiger partial charge in [-0.15, -0.1) is 0 Å². The molecular formula is C8H5NO4. The van der Waals surface area contributed by atoms with Crippen molar-refractivity contribution in [2.24, 2.45) is 0 Å². The summed E-state index contributed by atoms with van der Waals surface area (Å²) >= 11 is 0. The van der Waals surface area contributed by atoms with E-state index in [1.807, 2.05) is 0 Å². The van der Waals surface area contributed by atoms with Crippen LogP contribution >= 0.6 is 0 Å². The molecular weight excluding hydrogens is 174 g/mol. The lowest BCUT2D eigenvalue weighted by Gasteiger charge is -1.97. The Bertz CT molecular complexity index is 474. The number of carboxylic acids is 1. The van der Waals surface area contributed by atoms with Gasteiger partial charge in [-0.2, -0.15) is 0 Å². The Morgan fingerprint density at radius 2 is 2.23 bits per heavy atom. The molecule has 66 valence electrons. The van der Waals surface area contributed by atoms with E-state index in [4.69, 9.17) is 9.63 Å². The Morgan fingerprint density at radius 3 is 2.92 bits per heavy atom. The molecule has 0 atom stereocenters. The van der Waals surface area contributed by atoms with Crippen LogP contribution in [0.2, 0.25) is 0 Å². The minimum absolute atomic E-state index is 0.157. The summed E-state index contributed by atoms with van der Waals surface area (Å²) in [6.45, 7) is 0. The van der Waals surface area contributed by atoms with Gasteiger partial charge in [-0.3, -0.25) is 0 Å². The van der Waals surface area contributed by atoms with Crippen LogP contribution in [0.25, 0.3) is 11.0 Å². The molecule has 0 unspecified atom stereocenters. The van der Waals surface area contributed by atoms with Gasteiger partial charge in [0.25, 0.3) is 0 Å². The fourth-order valence-corrected chi connectivity index (χ4v) is 1.08. The maximum atomic E-state index is 10.6. The number of carbonyl (C=O) groups is 1. The topological polar surface area (TPSA) is 83.6 Å². The predicted octanol–water partition coefficient (Wildman–Crippen LogP) is 1.23. The SMILES string of the molecule is O=C(O)c1cc2cnoc2cc1O. The molecule has 1 aromatic carbocycles. The molecule has 2 rings (SSSR count). The monoisotopic (exact) mass is 179 g/mol. The summed E-state index contributed by atoms with van der Waals surface area (Å²) in [5.41, 5.74) is 0.207. The lowest BCUT2D eigenvalue weighted by Crippen LogP contribution is -1.95. The fraction of sp³-hybridized carbons (Fsp3) is 0. The third kappa shape index (κ3) is 1.10. The Hall–Kier alpha value is -2.04. The summed E-state index contributed by atoms with van der Waals surface area (Å²) in [5.74, 6) is -1.50. The molecule has 1 heterocycles. The molecule has 1 aromatic heterocycles. The van der Waals surface area contributed by atoms with Gasteiger partial charge < -0.3 is 14.7 Å². The normalized spacial score (nSPS) is 10.5. The van der Waals surface area contributed by atoms with Crippen LogP contribution in [0.4, 0.5) is 0 Å². The molecule has 0 saturated carbocycles. The van der Waals surface area contributed by atoms with Gasteiger partial charge in [-0.05, 0) is 6.07 Å². The molecule has 13 heavy (non-hydrogen) atoms. The summed E-state index contributed by atoms with van der Waals surface area (Å²) in [6, 6.07) is 2.54. The lowest BCUT2D eigenvalue weighted by atomic mass is 10.1. The summed E-state index contributed by atoms with van der Waals surface area (Å²) < 4.78 is 4.73. The van der Waals surface area contributed by atoms with E-state index in [0.29, 0.717) is 11.0 Å². The highest BCUT2D eigenvalue weighted by atomic mass is 16.5. The first-order valence-electron chi connectivity index (χ1n) is 3.49. The average Bonchev–Trinajstić information content (AvgIpc) is 2.48. The number of carboxylic acid groups (broad SMARTS) is 1. The minimum Gasteiger partial charge on any atom is -0.507 e. The molecule has 2 N–H and O–H groups in total. The van der Waals surface area contributed by atoms with Gasteiger partial charge >= 0.3 is 5.97 Å². The number of rotatable bonds is 1. The minimum atomic E-state index is -1.18. The van der Waals surface area contributed by atoms with Crippen molar-refractivity contribution in [1.82, 2.24) is 5.16 Å². The first kappa shape index (κ1) is 7.60. The molecule has 5 heteroatoms. The van der Waals surface area contributed by atoms with Crippen LogP contribution in [0.3, 0.4) is 0 Å².